The summed E-state index contributed by atoms with van der Waals surface area (Å²) in [5, 5.41) is 10.5. The molecule has 1 rings (SSSR count). The first-order chi connectivity index (χ1) is 13.3. The lowest BCUT2D eigenvalue weighted by Gasteiger charge is -2.42. The van der Waals surface area contributed by atoms with Crippen LogP contribution >= 0.6 is 0 Å². The van der Waals surface area contributed by atoms with Gasteiger partial charge in [-0.05, 0) is 6.42 Å². The van der Waals surface area contributed by atoms with Gasteiger partial charge in [-0.1, -0.05) is 32.6 Å². The van der Waals surface area contributed by atoms with Crippen LogP contribution < -0.4 is 0 Å². The molecule has 28 heavy (non-hydrogen) atoms. The summed E-state index contributed by atoms with van der Waals surface area (Å²) >= 11 is 0. The van der Waals surface area contributed by atoms with E-state index >= 15 is 0 Å². The molecule has 0 aromatic carbocycles. The molecule has 5 atom stereocenters. The Morgan fingerprint density at radius 1 is 0.893 bits per heavy atom. The van der Waals surface area contributed by atoms with Gasteiger partial charge in [0.15, 0.2) is 18.5 Å². The quantitative estimate of drug-likeness (QED) is 0.310. The van der Waals surface area contributed by atoms with Gasteiger partial charge in [-0.25, -0.2) is 0 Å². The molecule has 0 aromatic rings. The molecule has 0 bridgehead atoms. The number of aliphatic hydroxyl groups excluding tert-OH is 1. The second kappa shape index (κ2) is 12.7. The highest BCUT2D eigenvalue weighted by atomic mass is 16.7. The number of carbonyl (C=O) groups excluding carboxylic acids is 3. The number of ether oxygens (including phenoxy) is 5. The van der Waals surface area contributed by atoms with Crippen molar-refractivity contribution in [2.24, 2.45) is 0 Å². The van der Waals surface area contributed by atoms with Gasteiger partial charge in [0, 0.05) is 27.4 Å². The summed E-state index contributed by atoms with van der Waals surface area (Å²) in [5.41, 5.74) is 0. The van der Waals surface area contributed by atoms with Crippen molar-refractivity contribution in [1.29, 1.82) is 0 Å². The van der Waals surface area contributed by atoms with Gasteiger partial charge in [-0.2, -0.15) is 0 Å². The Morgan fingerprint density at radius 2 is 1.50 bits per heavy atom. The minimum atomic E-state index is -1.36. The lowest BCUT2D eigenvalue weighted by molar-refractivity contribution is -0.306. The molecule has 0 aromatic heterocycles. The van der Waals surface area contributed by atoms with Crippen LogP contribution in [-0.4, -0.2) is 66.9 Å². The number of rotatable bonds is 11. The molecule has 9 nitrogen and oxygen atoms in total. The van der Waals surface area contributed by atoms with Crippen LogP contribution in [0, 0.1) is 0 Å². The average Bonchev–Trinajstić information content (AvgIpc) is 2.60. The molecule has 1 aliphatic rings. The number of hydrogen-bond acceptors (Lipinski definition) is 9. The number of aliphatic hydroxyl groups is 1. The third-order valence-electron chi connectivity index (χ3n) is 4.20. The average molecular weight is 404 g/mol. The Hall–Kier alpha value is -1.71. The molecule has 1 fully saturated rings. The first kappa shape index (κ1) is 24.3. The van der Waals surface area contributed by atoms with Crippen LogP contribution in [-0.2, 0) is 38.1 Å². The number of esters is 3. The van der Waals surface area contributed by atoms with Gasteiger partial charge in [0.25, 0.3) is 0 Å². The van der Waals surface area contributed by atoms with Gasteiger partial charge in [-0.15, -0.1) is 0 Å². The third-order valence-corrected chi connectivity index (χ3v) is 4.20. The van der Waals surface area contributed by atoms with E-state index in [4.69, 9.17) is 23.7 Å². The van der Waals surface area contributed by atoms with E-state index in [1.165, 1.54) is 20.8 Å². The highest BCUT2D eigenvalue weighted by Crippen LogP contribution is 2.28. The lowest BCUT2D eigenvalue weighted by Crippen LogP contribution is -2.61. The van der Waals surface area contributed by atoms with Gasteiger partial charge in [0.05, 0.1) is 0 Å². The van der Waals surface area contributed by atoms with Crippen molar-refractivity contribution in [3.8, 4) is 0 Å². The largest absolute Gasteiger partial charge is 0.463 e. The summed E-state index contributed by atoms with van der Waals surface area (Å²) in [6, 6.07) is 0. The van der Waals surface area contributed by atoms with E-state index in [1.54, 1.807) is 0 Å². The molecule has 0 radical (unpaired) electrons. The summed E-state index contributed by atoms with van der Waals surface area (Å²) in [4.78, 5) is 34.1. The standard InChI is InChI=1S/C19H32O9/c1-5-6-7-8-9-10-24-19-18(27-14(4)22)17(26-13(3)21)16(23)15(28-19)11-25-12(2)20/h15-19,23H,5-11H2,1-4H3/t15-,16-,17+,18-,19-/m1/s1. The van der Waals surface area contributed by atoms with Crippen LogP contribution in [0.3, 0.4) is 0 Å². The highest BCUT2D eigenvalue weighted by molar-refractivity contribution is 5.67. The smallest absolute Gasteiger partial charge is 0.303 e. The molecular weight excluding hydrogens is 372 g/mol. The molecule has 1 aliphatic heterocycles. The maximum atomic E-state index is 11.5. The van der Waals surface area contributed by atoms with Crippen LogP contribution in [0.5, 0.6) is 0 Å². The first-order valence-electron chi connectivity index (χ1n) is 9.69. The molecule has 1 heterocycles. The Balaban J connectivity index is 2.85. The molecule has 1 saturated heterocycles. The van der Waals surface area contributed by atoms with E-state index in [-0.39, 0.29) is 6.61 Å². The zero-order chi connectivity index (χ0) is 21.1. The van der Waals surface area contributed by atoms with Crippen LogP contribution in [0.4, 0.5) is 0 Å². The minimum absolute atomic E-state index is 0.253. The molecule has 0 spiro atoms. The zero-order valence-electron chi connectivity index (χ0n) is 17.0. The fourth-order valence-corrected chi connectivity index (χ4v) is 2.91. The van der Waals surface area contributed by atoms with E-state index in [9.17, 15) is 19.5 Å². The van der Waals surface area contributed by atoms with Crippen LogP contribution in [0.15, 0.2) is 0 Å². The summed E-state index contributed by atoms with van der Waals surface area (Å²) in [5.74, 6) is -1.84. The monoisotopic (exact) mass is 404 g/mol. The predicted molar refractivity (Wildman–Crippen MR) is 97.1 cm³/mol. The Labute approximate surface area is 165 Å². The van der Waals surface area contributed by atoms with Gasteiger partial charge >= 0.3 is 17.9 Å². The molecule has 0 aliphatic carbocycles. The van der Waals surface area contributed by atoms with E-state index in [2.05, 4.69) is 6.92 Å². The summed E-state index contributed by atoms with van der Waals surface area (Å²) < 4.78 is 26.7. The maximum Gasteiger partial charge on any atom is 0.303 e. The second-order valence-electron chi connectivity index (χ2n) is 6.77. The Kier molecular flexibility index (Phi) is 11.0. The first-order valence-corrected chi connectivity index (χ1v) is 9.69. The number of carbonyl (C=O) groups is 3. The Bertz CT molecular complexity index is 508. The zero-order valence-corrected chi connectivity index (χ0v) is 17.0. The summed E-state index contributed by atoms with van der Waals surface area (Å²) in [7, 11) is 0. The maximum absolute atomic E-state index is 11.5. The van der Waals surface area contributed by atoms with Crippen molar-refractivity contribution in [2.45, 2.75) is 90.5 Å². The lowest BCUT2D eigenvalue weighted by atomic mass is 9.98. The fourth-order valence-electron chi connectivity index (χ4n) is 2.91. The molecule has 1 N–H and O–H groups in total. The van der Waals surface area contributed by atoms with Crippen molar-refractivity contribution in [2.75, 3.05) is 13.2 Å². The van der Waals surface area contributed by atoms with Gasteiger partial charge < -0.3 is 28.8 Å². The highest BCUT2D eigenvalue weighted by Gasteiger charge is 2.50. The van der Waals surface area contributed by atoms with Crippen LogP contribution in [0.1, 0.15) is 59.8 Å². The fraction of sp³-hybridized carbons (Fsp3) is 0.842. The van der Waals surface area contributed by atoms with E-state index in [0.717, 1.165) is 32.1 Å². The molecule has 0 unspecified atom stereocenters. The number of unbranched alkanes of at least 4 members (excludes halogenated alkanes) is 4. The Morgan fingerprint density at radius 3 is 2.07 bits per heavy atom. The van der Waals surface area contributed by atoms with Crippen LogP contribution in [0.25, 0.3) is 0 Å². The SMILES string of the molecule is CCCCCCCO[C@@H]1O[C@H](COC(C)=O)[C@@H](O)[C@H](OC(C)=O)[C@H]1OC(C)=O. The van der Waals surface area contributed by atoms with E-state index < -0.39 is 48.6 Å². The summed E-state index contributed by atoms with van der Waals surface area (Å²) in [6.45, 7) is 5.82. The minimum Gasteiger partial charge on any atom is -0.463 e. The normalized spacial score (nSPS) is 27.1. The van der Waals surface area contributed by atoms with E-state index in [1.807, 2.05) is 0 Å². The van der Waals surface area contributed by atoms with Crippen molar-refractivity contribution in [1.82, 2.24) is 0 Å². The van der Waals surface area contributed by atoms with Crippen molar-refractivity contribution in [3.63, 3.8) is 0 Å². The molecule has 9 heteroatoms. The topological polar surface area (TPSA) is 118 Å². The van der Waals surface area contributed by atoms with Gasteiger partial charge in [0.1, 0.15) is 18.8 Å². The van der Waals surface area contributed by atoms with E-state index in [0.29, 0.717) is 6.61 Å². The third kappa shape index (κ3) is 8.53. The molecular formula is C19H32O9. The van der Waals surface area contributed by atoms with Crippen molar-refractivity contribution in [3.05, 3.63) is 0 Å². The molecule has 0 amide bonds. The van der Waals surface area contributed by atoms with Crippen molar-refractivity contribution >= 4 is 17.9 Å². The van der Waals surface area contributed by atoms with Gasteiger partial charge in [0.2, 0.25) is 0 Å². The van der Waals surface area contributed by atoms with Crippen LogP contribution in [0.2, 0.25) is 0 Å². The number of hydrogen-bond donors (Lipinski definition) is 1. The summed E-state index contributed by atoms with van der Waals surface area (Å²) in [6.07, 6.45) is -0.662. The predicted octanol–water partition coefficient (Wildman–Crippen LogP) is 1.49. The molecule has 162 valence electrons. The van der Waals surface area contributed by atoms with Crippen molar-refractivity contribution < 1.29 is 43.2 Å². The second-order valence-corrected chi connectivity index (χ2v) is 6.77. The molecule has 0 saturated carbocycles. The van der Waals surface area contributed by atoms with Gasteiger partial charge in [-0.3, -0.25) is 14.4 Å².